The van der Waals surface area contributed by atoms with Crippen LogP contribution >= 0.6 is 0 Å². The second-order valence-electron chi connectivity index (χ2n) is 4.60. The number of anilines is 1. The maximum atomic E-state index is 11.1. The van der Waals surface area contributed by atoms with E-state index in [0.29, 0.717) is 18.0 Å². The van der Waals surface area contributed by atoms with Crippen molar-refractivity contribution in [2.45, 2.75) is 12.8 Å². The molecule has 0 saturated carbocycles. The van der Waals surface area contributed by atoms with Gasteiger partial charge in [0, 0.05) is 31.1 Å². The number of nitro benzene ring substituents is 1. The van der Waals surface area contributed by atoms with E-state index in [1.165, 1.54) is 13.2 Å². The predicted molar refractivity (Wildman–Crippen MR) is 70.6 cm³/mol. The van der Waals surface area contributed by atoms with Crippen LogP contribution in [-0.2, 0) is 4.79 Å². The summed E-state index contributed by atoms with van der Waals surface area (Å²) < 4.78 is 5.11. The third kappa shape index (κ3) is 2.83. The van der Waals surface area contributed by atoms with Gasteiger partial charge in [-0.2, -0.15) is 0 Å². The van der Waals surface area contributed by atoms with Crippen molar-refractivity contribution in [3.63, 3.8) is 0 Å². The van der Waals surface area contributed by atoms with Crippen LogP contribution in [0.5, 0.6) is 5.75 Å². The molecule has 6 nitrogen and oxygen atoms in total. The van der Waals surface area contributed by atoms with Crippen LogP contribution < -0.4 is 9.64 Å². The van der Waals surface area contributed by atoms with Crippen molar-refractivity contribution < 1.29 is 14.5 Å². The predicted octanol–water partition coefficient (Wildman–Crippen LogP) is 2.02. The molecule has 6 heteroatoms. The monoisotopic (exact) mass is 264 g/mol. The van der Waals surface area contributed by atoms with E-state index in [9.17, 15) is 14.9 Å². The van der Waals surface area contributed by atoms with Gasteiger partial charge in [-0.05, 0) is 18.9 Å². The molecule has 1 heterocycles. The lowest BCUT2D eigenvalue weighted by Crippen LogP contribution is -2.36. The number of aldehydes is 1. The Morgan fingerprint density at radius 3 is 2.95 bits per heavy atom. The Morgan fingerprint density at radius 2 is 2.32 bits per heavy atom. The van der Waals surface area contributed by atoms with Crippen LogP contribution in [0.1, 0.15) is 12.8 Å². The molecular weight excluding hydrogens is 248 g/mol. The van der Waals surface area contributed by atoms with Crippen LogP contribution in [0.2, 0.25) is 0 Å². The van der Waals surface area contributed by atoms with Crippen molar-refractivity contribution in [2.24, 2.45) is 5.92 Å². The van der Waals surface area contributed by atoms with Gasteiger partial charge < -0.3 is 14.4 Å². The summed E-state index contributed by atoms with van der Waals surface area (Å²) in [6.07, 6.45) is 2.63. The summed E-state index contributed by atoms with van der Waals surface area (Å²) in [7, 11) is 1.52. The largest absolute Gasteiger partial charge is 0.497 e. The van der Waals surface area contributed by atoms with Crippen molar-refractivity contribution in [3.8, 4) is 5.75 Å². The zero-order valence-corrected chi connectivity index (χ0v) is 10.7. The molecule has 19 heavy (non-hydrogen) atoms. The number of rotatable bonds is 4. The standard InChI is InChI=1S/C13H16N2O4/c1-19-11-4-5-12(15(17)18)13(7-11)14-6-2-3-10(8-14)9-16/h4-5,7,9-10H,2-3,6,8H2,1H3. The Bertz CT molecular complexity index is 490. The molecule has 1 unspecified atom stereocenters. The van der Waals surface area contributed by atoms with Gasteiger partial charge in [0.25, 0.3) is 5.69 Å². The number of nitrogens with zero attached hydrogens (tertiary/aromatic N) is 2. The van der Waals surface area contributed by atoms with E-state index in [0.717, 1.165) is 25.7 Å². The molecule has 0 radical (unpaired) electrons. The van der Waals surface area contributed by atoms with Crippen LogP contribution in [0, 0.1) is 16.0 Å². The van der Waals surface area contributed by atoms with E-state index in [1.807, 2.05) is 4.90 Å². The normalized spacial score (nSPS) is 19.0. The maximum Gasteiger partial charge on any atom is 0.292 e. The lowest BCUT2D eigenvalue weighted by Gasteiger charge is -2.31. The quantitative estimate of drug-likeness (QED) is 0.472. The summed E-state index contributed by atoms with van der Waals surface area (Å²) in [5, 5.41) is 11.1. The van der Waals surface area contributed by atoms with E-state index in [-0.39, 0.29) is 11.6 Å². The summed E-state index contributed by atoms with van der Waals surface area (Å²) in [6.45, 7) is 1.25. The molecule has 1 saturated heterocycles. The second kappa shape index (κ2) is 5.69. The van der Waals surface area contributed by atoms with Crippen LogP contribution in [0.15, 0.2) is 18.2 Å². The third-order valence-electron chi connectivity index (χ3n) is 3.37. The zero-order valence-electron chi connectivity index (χ0n) is 10.7. The number of ether oxygens (including phenoxy) is 1. The van der Waals surface area contributed by atoms with Gasteiger partial charge in [-0.15, -0.1) is 0 Å². The topological polar surface area (TPSA) is 72.7 Å². The molecule has 102 valence electrons. The average Bonchev–Trinajstić information content (AvgIpc) is 2.46. The Morgan fingerprint density at radius 1 is 1.53 bits per heavy atom. The Balaban J connectivity index is 2.35. The second-order valence-corrected chi connectivity index (χ2v) is 4.60. The number of methoxy groups -OCH3 is 1. The van der Waals surface area contributed by atoms with Gasteiger partial charge in [0.05, 0.1) is 12.0 Å². The summed E-state index contributed by atoms with van der Waals surface area (Å²) in [4.78, 5) is 23.5. The Kier molecular flexibility index (Phi) is 3.99. The van der Waals surface area contributed by atoms with Gasteiger partial charge in [0.1, 0.15) is 17.7 Å². The highest BCUT2D eigenvalue weighted by Crippen LogP contribution is 2.34. The van der Waals surface area contributed by atoms with E-state index >= 15 is 0 Å². The average molecular weight is 264 g/mol. The number of benzene rings is 1. The highest BCUT2D eigenvalue weighted by molar-refractivity contribution is 5.67. The molecule has 1 aliphatic heterocycles. The SMILES string of the molecule is COc1ccc([N+](=O)[O-])c(N2CCCC(C=O)C2)c1. The van der Waals surface area contributed by atoms with Gasteiger partial charge in [-0.1, -0.05) is 0 Å². The number of carbonyl (C=O) groups is 1. The number of piperidine rings is 1. The smallest absolute Gasteiger partial charge is 0.292 e. The summed E-state index contributed by atoms with van der Waals surface area (Å²) in [6, 6.07) is 4.67. The minimum absolute atomic E-state index is 0.0485. The Labute approximate surface area is 111 Å². The molecule has 0 aliphatic carbocycles. The Hall–Kier alpha value is -2.11. The minimum Gasteiger partial charge on any atom is -0.497 e. The molecule has 1 aromatic rings. The molecule has 0 N–H and O–H groups in total. The number of nitro groups is 1. The number of carbonyl (C=O) groups excluding carboxylic acids is 1. The molecule has 1 aromatic carbocycles. The summed E-state index contributed by atoms with van der Waals surface area (Å²) in [5.41, 5.74) is 0.572. The first kappa shape index (κ1) is 13.3. The van der Waals surface area contributed by atoms with Gasteiger partial charge in [-0.25, -0.2) is 0 Å². The van der Waals surface area contributed by atoms with E-state index in [2.05, 4.69) is 0 Å². The highest BCUT2D eigenvalue weighted by atomic mass is 16.6. The first-order valence-corrected chi connectivity index (χ1v) is 6.18. The van der Waals surface area contributed by atoms with Gasteiger partial charge in [0.2, 0.25) is 0 Å². The fraction of sp³-hybridized carbons (Fsp3) is 0.462. The number of hydrogen-bond donors (Lipinski definition) is 0. The lowest BCUT2D eigenvalue weighted by molar-refractivity contribution is -0.384. The molecule has 1 aliphatic rings. The molecule has 2 rings (SSSR count). The summed E-state index contributed by atoms with van der Waals surface area (Å²) in [5.74, 6) is 0.522. The minimum atomic E-state index is -0.403. The first-order chi connectivity index (χ1) is 9.15. The van der Waals surface area contributed by atoms with E-state index in [4.69, 9.17) is 4.74 Å². The van der Waals surface area contributed by atoms with E-state index < -0.39 is 4.92 Å². The van der Waals surface area contributed by atoms with Crippen LogP contribution in [0.3, 0.4) is 0 Å². The van der Waals surface area contributed by atoms with Crippen molar-refractivity contribution in [2.75, 3.05) is 25.1 Å². The van der Waals surface area contributed by atoms with Gasteiger partial charge in [0.15, 0.2) is 0 Å². The third-order valence-corrected chi connectivity index (χ3v) is 3.37. The molecule has 0 spiro atoms. The zero-order chi connectivity index (χ0) is 13.8. The highest BCUT2D eigenvalue weighted by Gasteiger charge is 2.25. The fourth-order valence-corrected chi connectivity index (χ4v) is 2.38. The molecule has 0 aromatic heterocycles. The number of hydrogen-bond acceptors (Lipinski definition) is 5. The van der Waals surface area contributed by atoms with Crippen molar-refractivity contribution in [1.29, 1.82) is 0 Å². The van der Waals surface area contributed by atoms with Crippen molar-refractivity contribution in [1.82, 2.24) is 0 Å². The first-order valence-electron chi connectivity index (χ1n) is 6.18. The lowest BCUT2D eigenvalue weighted by atomic mass is 9.99. The van der Waals surface area contributed by atoms with Gasteiger partial charge >= 0.3 is 0 Å². The van der Waals surface area contributed by atoms with Crippen LogP contribution in [0.25, 0.3) is 0 Å². The maximum absolute atomic E-state index is 11.1. The van der Waals surface area contributed by atoms with Crippen molar-refractivity contribution in [3.05, 3.63) is 28.3 Å². The fourth-order valence-electron chi connectivity index (χ4n) is 2.38. The molecule has 1 atom stereocenters. The molecular formula is C13H16N2O4. The van der Waals surface area contributed by atoms with Crippen LogP contribution in [0.4, 0.5) is 11.4 Å². The van der Waals surface area contributed by atoms with Crippen LogP contribution in [-0.4, -0.2) is 31.4 Å². The molecule has 1 fully saturated rings. The van der Waals surface area contributed by atoms with Gasteiger partial charge in [-0.3, -0.25) is 10.1 Å². The molecule has 0 amide bonds. The summed E-state index contributed by atoms with van der Waals surface area (Å²) >= 11 is 0. The van der Waals surface area contributed by atoms with E-state index in [1.54, 1.807) is 12.1 Å². The molecule has 0 bridgehead atoms. The van der Waals surface area contributed by atoms with Crippen molar-refractivity contribution >= 4 is 17.7 Å².